The van der Waals surface area contributed by atoms with Crippen LogP contribution in [-0.2, 0) is 10.0 Å². The molecule has 1 rings (SSSR count). The van der Waals surface area contributed by atoms with Crippen molar-refractivity contribution in [1.82, 2.24) is 4.31 Å². The zero-order valence-corrected chi connectivity index (χ0v) is 10.9. The molecule has 106 valence electrons. The Labute approximate surface area is 109 Å². The van der Waals surface area contributed by atoms with E-state index in [0.717, 1.165) is 22.5 Å². The van der Waals surface area contributed by atoms with Crippen LogP contribution in [0.3, 0.4) is 0 Å². The Morgan fingerprint density at radius 2 is 2.16 bits per heavy atom. The van der Waals surface area contributed by atoms with Crippen LogP contribution in [0.15, 0.2) is 23.1 Å². The van der Waals surface area contributed by atoms with Crippen molar-refractivity contribution in [1.29, 1.82) is 0 Å². The number of rotatable bonds is 6. The number of nitrogens with two attached hydrogens (primary N) is 1. The molecule has 0 aromatic heterocycles. The lowest BCUT2D eigenvalue weighted by molar-refractivity contribution is -0.384. The molecule has 19 heavy (non-hydrogen) atoms. The number of likely N-dealkylation sites (N-methyl/N-ethyl adjacent to an activating group) is 1. The Morgan fingerprint density at radius 3 is 2.63 bits per heavy atom. The number of nitrogens with zero attached hydrogens (tertiary/aromatic N) is 2. The molecule has 0 amide bonds. The molecule has 0 unspecified atom stereocenters. The van der Waals surface area contributed by atoms with Crippen LogP contribution in [0.2, 0.25) is 0 Å². The number of hydrogen-bond donors (Lipinski definition) is 3. The summed E-state index contributed by atoms with van der Waals surface area (Å²) in [5, 5.41) is 19.4. The Kier molecular flexibility index (Phi) is 4.78. The van der Waals surface area contributed by atoms with Crippen LogP contribution in [0.4, 0.5) is 11.4 Å². The number of aliphatic hydroxyl groups excluding tert-OH is 1. The highest BCUT2D eigenvalue weighted by molar-refractivity contribution is 7.89. The fraction of sp³-hybridized carbons (Fsp3) is 0.333. The lowest BCUT2D eigenvalue weighted by Crippen LogP contribution is -2.30. The third-order valence-corrected chi connectivity index (χ3v) is 4.35. The predicted molar refractivity (Wildman–Crippen MR) is 67.8 cm³/mol. The van der Waals surface area contributed by atoms with Crippen molar-refractivity contribution in [3.8, 4) is 0 Å². The molecule has 4 N–H and O–H groups in total. The molecule has 0 fully saturated rings. The smallest absolute Gasteiger partial charge is 0.271 e. The number of hydrogen-bond acceptors (Lipinski definition) is 7. The SMILES string of the molecule is CN(CCO)S(=O)(=O)c1ccc([N+](=O)[O-])cc1NN. The first-order valence-corrected chi connectivity index (χ1v) is 6.61. The second-order valence-electron chi connectivity index (χ2n) is 3.63. The molecule has 0 saturated carbocycles. The van der Waals surface area contributed by atoms with Gasteiger partial charge in [-0.25, -0.2) is 8.42 Å². The van der Waals surface area contributed by atoms with E-state index >= 15 is 0 Å². The van der Waals surface area contributed by atoms with Crippen molar-refractivity contribution in [2.75, 3.05) is 25.6 Å². The maximum absolute atomic E-state index is 12.1. The molecule has 0 radical (unpaired) electrons. The summed E-state index contributed by atoms with van der Waals surface area (Å²) in [6.07, 6.45) is 0. The molecule has 0 atom stereocenters. The topological polar surface area (TPSA) is 139 Å². The lowest BCUT2D eigenvalue weighted by Gasteiger charge is -2.17. The van der Waals surface area contributed by atoms with Crippen LogP contribution in [-0.4, -0.2) is 43.0 Å². The summed E-state index contributed by atoms with van der Waals surface area (Å²) in [7, 11) is -2.59. The zero-order chi connectivity index (χ0) is 14.6. The molecular formula is C9H14N4O5S. The van der Waals surface area contributed by atoms with Gasteiger partial charge in [-0.3, -0.25) is 16.0 Å². The van der Waals surface area contributed by atoms with Gasteiger partial charge in [0.05, 0.1) is 17.2 Å². The maximum Gasteiger partial charge on any atom is 0.271 e. The average Bonchev–Trinajstić information content (AvgIpc) is 2.38. The number of nitro groups is 1. The van der Waals surface area contributed by atoms with Crippen LogP contribution in [0.1, 0.15) is 0 Å². The van der Waals surface area contributed by atoms with Gasteiger partial charge in [0.15, 0.2) is 0 Å². The molecule has 0 heterocycles. The number of benzene rings is 1. The van der Waals surface area contributed by atoms with E-state index in [1.54, 1.807) is 0 Å². The van der Waals surface area contributed by atoms with Gasteiger partial charge in [0, 0.05) is 25.7 Å². The molecule has 0 saturated heterocycles. The van der Waals surface area contributed by atoms with Gasteiger partial charge < -0.3 is 10.5 Å². The van der Waals surface area contributed by atoms with Crippen molar-refractivity contribution in [3.63, 3.8) is 0 Å². The fourth-order valence-electron chi connectivity index (χ4n) is 1.40. The van der Waals surface area contributed by atoms with Gasteiger partial charge in [0.25, 0.3) is 5.69 Å². The van der Waals surface area contributed by atoms with Crippen LogP contribution >= 0.6 is 0 Å². The molecule has 0 aliphatic carbocycles. The monoisotopic (exact) mass is 290 g/mol. The van der Waals surface area contributed by atoms with E-state index in [4.69, 9.17) is 10.9 Å². The standard InChI is InChI=1S/C9H14N4O5S/c1-12(4-5-14)19(17,18)9-3-2-7(13(15)16)6-8(9)11-10/h2-3,6,11,14H,4-5,10H2,1H3. The minimum absolute atomic E-state index is 0.0843. The summed E-state index contributed by atoms with van der Waals surface area (Å²) < 4.78 is 25.2. The number of nitro benzene ring substituents is 1. The van der Waals surface area contributed by atoms with Crippen LogP contribution in [0, 0.1) is 10.1 Å². The number of nitrogens with one attached hydrogen (secondary N) is 1. The number of sulfonamides is 1. The second kappa shape index (κ2) is 5.93. The van der Waals surface area contributed by atoms with E-state index in [0.29, 0.717) is 0 Å². The van der Waals surface area contributed by atoms with Crippen molar-refractivity contribution >= 4 is 21.4 Å². The molecule has 1 aromatic rings. The van der Waals surface area contributed by atoms with E-state index in [1.807, 2.05) is 0 Å². The third-order valence-electron chi connectivity index (χ3n) is 2.43. The first-order valence-electron chi connectivity index (χ1n) is 5.17. The summed E-state index contributed by atoms with van der Waals surface area (Å²) in [5.41, 5.74) is 1.76. The van der Waals surface area contributed by atoms with Crippen LogP contribution in [0.25, 0.3) is 0 Å². The highest BCUT2D eigenvalue weighted by atomic mass is 32.2. The fourth-order valence-corrected chi connectivity index (χ4v) is 2.69. The molecular weight excluding hydrogens is 276 g/mol. The molecule has 1 aromatic carbocycles. The second-order valence-corrected chi connectivity index (χ2v) is 5.65. The first-order chi connectivity index (χ1) is 8.84. The highest BCUT2D eigenvalue weighted by Crippen LogP contribution is 2.27. The van der Waals surface area contributed by atoms with E-state index in [9.17, 15) is 18.5 Å². The van der Waals surface area contributed by atoms with E-state index in [1.165, 1.54) is 7.05 Å². The number of aliphatic hydroxyl groups is 1. The van der Waals surface area contributed by atoms with Crippen molar-refractivity contribution < 1.29 is 18.4 Å². The van der Waals surface area contributed by atoms with Gasteiger partial charge in [-0.05, 0) is 6.07 Å². The summed E-state index contributed by atoms with van der Waals surface area (Å²) in [6, 6.07) is 3.19. The van der Waals surface area contributed by atoms with Gasteiger partial charge in [-0.2, -0.15) is 4.31 Å². The van der Waals surface area contributed by atoms with Gasteiger partial charge in [-0.1, -0.05) is 0 Å². The Morgan fingerprint density at radius 1 is 1.53 bits per heavy atom. The average molecular weight is 290 g/mol. The molecule has 0 aliphatic heterocycles. The zero-order valence-electron chi connectivity index (χ0n) is 10.1. The molecule has 9 nitrogen and oxygen atoms in total. The van der Waals surface area contributed by atoms with Crippen molar-refractivity contribution in [2.24, 2.45) is 5.84 Å². The van der Waals surface area contributed by atoms with Gasteiger partial charge in [0.2, 0.25) is 10.0 Å². The summed E-state index contributed by atoms with van der Waals surface area (Å²) in [6.45, 7) is -0.433. The highest BCUT2D eigenvalue weighted by Gasteiger charge is 2.25. The van der Waals surface area contributed by atoms with Gasteiger partial charge in [-0.15, -0.1) is 0 Å². The summed E-state index contributed by atoms with van der Waals surface area (Å²) >= 11 is 0. The van der Waals surface area contributed by atoms with E-state index in [2.05, 4.69) is 5.43 Å². The third kappa shape index (κ3) is 3.17. The van der Waals surface area contributed by atoms with Crippen molar-refractivity contribution in [2.45, 2.75) is 4.90 Å². The number of nitrogen functional groups attached to an aromatic ring is 1. The Balaban J connectivity index is 3.31. The van der Waals surface area contributed by atoms with Gasteiger partial charge >= 0.3 is 0 Å². The number of anilines is 1. The van der Waals surface area contributed by atoms with E-state index < -0.39 is 14.9 Å². The molecule has 10 heteroatoms. The predicted octanol–water partition coefficient (Wildman–Crippen LogP) is -0.507. The summed E-state index contributed by atoms with van der Waals surface area (Å²) in [5.74, 6) is 5.19. The largest absolute Gasteiger partial charge is 0.395 e. The van der Waals surface area contributed by atoms with E-state index in [-0.39, 0.29) is 29.4 Å². The minimum Gasteiger partial charge on any atom is -0.395 e. The maximum atomic E-state index is 12.1. The van der Waals surface area contributed by atoms with Crippen molar-refractivity contribution in [3.05, 3.63) is 28.3 Å². The quantitative estimate of drug-likeness (QED) is 0.364. The van der Waals surface area contributed by atoms with Gasteiger partial charge in [0.1, 0.15) is 4.90 Å². The first kappa shape index (κ1) is 15.3. The van der Waals surface area contributed by atoms with Crippen LogP contribution < -0.4 is 11.3 Å². The molecule has 0 aliphatic rings. The minimum atomic E-state index is -3.88. The molecule has 0 spiro atoms. The normalized spacial score (nSPS) is 11.6. The number of hydrazine groups is 1. The van der Waals surface area contributed by atoms with Crippen LogP contribution in [0.5, 0.6) is 0 Å². The Bertz CT molecular complexity index is 574. The lowest BCUT2D eigenvalue weighted by atomic mass is 10.3. The summed E-state index contributed by atoms with van der Waals surface area (Å²) in [4.78, 5) is 9.75. The number of non-ortho nitro benzene ring substituents is 1. The molecule has 0 bridgehead atoms. The Hall–Kier alpha value is -1.75.